The van der Waals surface area contributed by atoms with E-state index in [2.05, 4.69) is 5.32 Å². The van der Waals surface area contributed by atoms with Gasteiger partial charge < -0.3 is 15.0 Å². The Balaban J connectivity index is 1.23. The van der Waals surface area contributed by atoms with Gasteiger partial charge in [-0.1, -0.05) is 48.0 Å². The summed E-state index contributed by atoms with van der Waals surface area (Å²) in [6.07, 6.45) is 2.59. The maximum Gasteiger partial charge on any atom is 0.410 e. The van der Waals surface area contributed by atoms with Crippen LogP contribution in [-0.4, -0.2) is 61.3 Å². The molecule has 1 N–H and O–H groups in total. The maximum absolute atomic E-state index is 13.3. The van der Waals surface area contributed by atoms with E-state index in [9.17, 15) is 18.0 Å². The first-order chi connectivity index (χ1) is 16.8. The van der Waals surface area contributed by atoms with Gasteiger partial charge in [0.25, 0.3) is 0 Å². The molecule has 3 aliphatic rings. The number of benzene rings is 2. The molecule has 186 valence electrons. The Labute approximate surface area is 206 Å². The average molecular weight is 498 g/mol. The molecule has 35 heavy (non-hydrogen) atoms. The molecule has 0 bridgehead atoms. The number of hydrogen-bond donors (Lipinski definition) is 1. The number of aryl methyl sites for hydroxylation is 1. The van der Waals surface area contributed by atoms with Crippen molar-refractivity contribution in [2.45, 2.75) is 56.2 Å². The van der Waals surface area contributed by atoms with E-state index in [0.29, 0.717) is 32.5 Å². The predicted molar refractivity (Wildman–Crippen MR) is 130 cm³/mol. The Hall–Kier alpha value is -2.91. The van der Waals surface area contributed by atoms with Crippen molar-refractivity contribution in [3.63, 3.8) is 0 Å². The first-order valence-corrected chi connectivity index (χ1v) is 13.6. The van der Waals surface area contributed by atoms with Crippen LogP contribution in [0.3, 0.4) is 0 Å². The van der Waals surface area contributed by atoms with Crippen molar-refractivity contribution < 1.29 is 22.7 Å². The zero-order valence-electron chi connectivity index (χ0n) is 19.9. The van der Waals surface area contributed by atoms with Crippen LogP contribution in [0.1, 0.15) is 36.8 Å². The highest BCUT2D eigenvalue weighted by atomic mass is 32.2. The summed E-state index contributed by atoms with van der Waals surface area (Å²) in [5, 5.41) is 3.10. The van der Waals surface area contributed by atoms with Crippen LogP contribution in [0.25, 0.3) is 0 Å². The normalized spacial score (nSPS) is 23.4. The van der Waals surface area contributed by atoms with Crippen LogP contribution in [-0.2, 0) is 26.2 Å². The molecule has 1 unspecified atom stereocenters. The summed E-state index contributed by atoms with van der Waals surface area (Å²) in [6.45, 7) is 3.34. The molecule has 0 aromatic heterocycles. The van der Waals surface area contributed by atoms with Gasteiger partial charge in [0.15, 0.2) is 0 Å². The molecule has 2 saturated heterocycles. The molecule has 2 aromatic carbocycles. The summed E-state index contributed by atoms with van der Waals surface area (Å²) in [7, 11) is -3.77. The lowest BCUT2D eigenvalue weighted by atomic mass is 10.0. The molecule has 9 heteroatoms. The molecule has 2 aliphatic heterocycles. The number of carbonyl (C=O) groups excluding carboxylic acids is 2. The smallest absolute Gasteiger partial charge is 0.410 e. The third kappa shape index (κ3) is 4.79. The second-order valence-corrected chi connectivity index (χ2v) is 11.8. The molecule has 8 nitrogen and oxygen atoms in total. The summed E-state index contributed by atoms with van der Waals surface area (Å²) in [6, 6.07) is 15.3. The van der Waals surface area contributed by atoms with Gasteiger partial charge in [-0.25, -0.2) is 13.2 Å². The molecule has 1 aliphatic carbocycles. The minimum Gasteiger partial charge on any atom is -0.445 e. The Morgan fingerprint density at radius 3 is 2.49 bits per heavy atom. The molecule has 3 fully saturated rings. The summed E-state index contributed by atoms with van der Waals surface area (Å²) in [5.74, 6) is -0.283. The lowest BCUT2D eigenvalue weighted by Gasteiger charge is -2.26. The van der Waals surface area contributed by atoms with E-state index >= 15 is 0 Å². The fourth-order valence-electron chi connectivity index (χ4n) is 5.19. The molecule has 2 aromatic rings. The summed E-state index contributed by atoms with van der Waals surface area (Å²) in [5.41, 5.74) is 1.75. The third-order valence-electron chi connectivity index (χ3n) is 7.45. The predicted octanol–water partition coefficient (Wildman–Crippen LogP) is 3.07. The average Bonchev–Trinajstić information content (AvgIpc) is 3.29. The monoisotopic (exact) mass is 497 g/mol. The standard InChI is InChI=1S/C26H31N3O5S/c1-19-9-11-21(12-10-19)35(32,33)29-15-5-8-22(29)24(30)27-23-16-28(18-26(23)13-14-26)25(31)34-17-20-6-3-2-4-7-20/h2-4,6-7,9-12,22-23H,5,8,13-18H2,1H3,(H,27,30)/t22-,23?/m1/s1. The van der Waals surface area contributed by atoms with E-state index < -0.39 is 16.1 Å². The van der Waals surface area contributed by atoms with Crippen LogP contribution in [0.15, 0.2) is 59.5 Å². The van der Waals surface area contributed by atoms with Crippen molar-refractivity contribution in [2.75, 3.05) is 19.6 Å². The highest BCUT2D eigenvalue weighted by Crippen LogP contribution is 2.53. The van der Waals surface area contributed by atoms with E-state index in [1.54, 1.807) is 29.2 Å². The highest BCUT2D eigenvalue weighted by Gasteiger charge is 2.57. The minimum atomic E-state index is -3.77. The van der Waals surface area contributed by atoms with E-state index in [-0.39, 0.29) is 35.0 Å². The van der Waals surface area contributed by atoms with E-state index in [1.165, 1.54) is 4.31 Å². The van der Waals surface area contributed by atoms with Crippen LogP contribution in [0.2, 0.25) is 0 Å². The van der Waals surface area contributed by atoms with Gasteiger partial charge in [-0.15, -0.1) is 0 Å². The minimum absolute atomic E-state index is 0.138. The number of ether oxygens (including phenoxy) is 1. The van der Waals surface area contributed by atoms with Gasteiger partial charge >= 0.3 is 6.09 Å². The number of amides is 2. The quantitative estimate of drug-likeness (QED) is 0.662. The Bertz CT molecular complexity index is 1200. The van der Waals surface area contributed by atoms with Gasteiger partial charge in [-0.3, -0.25) is 4.79 Å². The number of rotatable bonds is 6. The molecule has 1 saturated carbocycles. The highest BCUT2D eigenvalue weighted by molar-refractivity contribution is 7.89. The third-order valence-corrected chi connectivity index (χ3v) is 9.38. The first kappa shape index (κ1) is 23.8. The topological polar surface area (TPSA) is 96.0 Å². The Morgan fingerprint density at radius 2 is 1.80 bits per heavy atom. The molecule has 2 atom stereocenters. The summed E-state index contributed by atoms with van der Waals surface area (Å²) in [4.78, 5) is 27.9. The Morgan fingerprint density at radius 1 is 1.09 bits per heavy atom. The van der Waals surface area contributed by atoms with Crippen LogP contribution in [0.5, 0.6) is 0 Å². The van der Waals surface area contributed by atoms with Crippen molar-refractivity contribution in [1.29, 1.82) is 0 Å². The number of sulfonamides is 1. The summed E-state index contributed by atoms with van der Waals surface area (Å²) < 4.78 is 33.3. The van der Waals surface area contributed by atoms with Gasteiger partial charge in [-0.2, -0.15) is 4.31 Å². The number of carbonyl (C=O) groups is 2. The number of hydrogen-bond acceptors (Lipinski definition) is 5. The molecular weight excluding hydrogens is 466 g/mol. The SMILES string of the molecule is Cc1ccc(S(=O)(=O)N2CCC[C@@H]2C(=O)NC2CN(C(=O)OCc3ccccc3)CC23CC3)cc1. The van der Waals surface area contributed by atoms with E-state index in [0.717, 1.165) is 24.0 Å². The van der Waals surface area contributed by atoms with Crippen LogP contribution >= 0.6 is 0 Å². The zero-order valence-corrected chi connectivity index (χ0v) is 20.7. The van der Waals surface area contributed by atoms with Crippen LogP contribution < -0.4 is 5.32 Å². The van der Waals surface area contributed by atoms with Gasteiger partial charge in [0.1, 0.15) is 12.6 Å². The number of nitrogens with one attached hydrogen (secondary N) is 1. The van der Waals surface area contributed by atoms with Crippen molar-refractivity contribution in [3.8, 4) is 0 Å². The Kier molecular flexibility index (Phi) is 6.31. The van der Waals surface area contributed by atoms with Crippen molar-refractivity contribution in [2.24, 2.45) is 5.41 Å². The van der Waals surface area contributed by atoms with Gasteiger partial charge in [0.05, 0.1) is 10.9 Å². The van der Waals surface area contributed by atoms with Crippen molar-refractivity contribution in [1.82, 2.24) is 14.5 Å². The molecule has 5 rings (SSSR count). The van der Waals surface area contributed by atoms with E-state index in [4.69, 9.17) is 4.74 Å². The lowest BCUT2D eigenvalue weighted by molar-refractivity contribution is -0.125. The zero-order chi connectivity index (χ0) is 24.6. The lowest BCUT2D eigenvalue weighted by Crippen LogP contribution is -2.51. The molecule has 0 radical (unpaired) electrons. The molecule has 1 spiro atoms. The number of nitrogens with zero attached hydrogens (tertiary/aromatic N) is 2. The van der Waals surface area contributed by atoms with Crippen molar-refractivity contribution >= 4 is 22.0 Å². The van der Waals surface area contributed by atoms with Gasteiger partial charge in [0.2, 0.25) is 15.9 Å². The molecular formula is C26H31N3O5S. The molecule has 2 heterocycles. The first-order valence-electron chi connectivity index (χ1n) is 12.1. The molecule has 2 amide bonds. The van der Waals surface area contributed by atoms with Crippen LogP contribution in [0.4, 0.5) is 4.79 Å². The largest absolute Gasteiger partial charge is 0.445 e. The maximum atomic E-state index is 13.3. The number of likely N-dealkylation sites (tertiary alicyclic amines) is 1. The van der Waals surface area contributed by atoms with Crippen molar-refractivity contribution in [3.05, 3.63) is 65.7 Å². The second kappa shape index (κ2) is 9.28. The second-order valence-electron chi connectivity index (χ2n) is 9.93. The van der Waals surface area contributed by atoms with E-state index in [1.807, 2.05) is 37.3 Å². The van der Waals surface area contributed by atoms with Gasteiger partial charge in [-0.05, 0) is 50.3 Å². The summed E-state index contributed by atoms with van der Waals surface area (Å²) >= 11 is 0. The fourth-order valence-corrected chi connectivity index (χ4v) is 6.84. The van der Waals surface area contributed by atoms with Crippen LogP contribution in [0, 0.1) is 12.3 Å². The fraction of sp³-hybridized carbons (Fsp3) is 0.462. The van der Waals surface area contributed by atoms with Gasteiger partial charge in [0, 0.05) is 25.0 Å².